The molecule has 0 N–H and O–H groups in total. The summed E-state index contributed by atoms with van der Waals surface area (Å²) in [5, 5.41) is -0.374. The Bertz CT molecular complexity index is 613. The van der Waals surface area contributed by atoms with E-state index in [2.05, 4.69) is 0 Å². The molecule has 0 aromatic heterocycles. The van der Waals surface area contributed by atoms with Crippen molar-refractivity contribution >= 4 is 11.6 Å². The van der Waals surface area contributed by atoms with E-state index in [-0.39, 0.29) is 5.38 Å². The first-order valence-electron chi connectivity index (χ1n) is 6.24. The van der Waals surface area contributed by atoms with Crippen molar-refractivity contribution in [3.63, 3.8) is 0 Å². The average Bonchev–Trinajstić information content (AvgIpc) is 2.41. The topological polar surface area (TPSA) is 9.23 Å². The third kappa shape index (κ3) is 3.28. The van der Waals surface area contributed by atoms with Crippen molar-refractivity contribution in [1.29, 1.82) is 0 Å². The molecule has 0 spiro atoms. The van der Waals surface area contributed by atoms with Crippen molar-refractivity contribution in [2.24, 2.45) is 0 Å². The molecule has 0 heterocycles. The molecule has 0 amide bonds. The number of benzene rings is 2. The summed E-state index contributed by atoms with van der Waals surface area (Å²) in [6.45, 7) is 1.92. The lowest BCUT2D eigenvalue weighted by atomic mass is 9.99. The van der Waals surface area contributed by atoms with Gasteiger partial charge in [0.1, 0.15) is 17.4 Å². The molecule has 0 fully saturated rings. The van der Waals surface area contributed by atoms with Gasteiger partial charge in [0.25, 0.3) is 0 Å². The Balaban J connectivity index is 2.21. The van der Waals surface area contributed by atoms with E-state index in [0.717, 1.165) is 22.9 Å². The maximum absolute atomic E-state index is 13.6. The summed E-state index contributed by atoms with van der Waals surface area (Å²) in [6.07, 6.45) is 0.306. The highest BCUT2D eigenvalue weighted by Crippen LogP contribution is 2.30. The van der Waals surface area contributed by atoms with E-state index < -0.39 is 11.6 Å². The average molecular weight is 297 g/mol. The molecule has 0 saturated heterocycles. The fraction of sp³-hybridized carbons (Fsp3) is 0.250. The molecule has 2 rings (SSSR count). The van der Waals surface area contributed by atoms with Gasteiger partial charge in [0.15, 0.2) is 0 Å². The number of aryl methyl sites for hydroxylation is 1. The summed E-state index contributed by atoms with van der Waals surface area (Å²) < 4.78 is 31.6. The third-order valence-corrected chi connectivity index (χ3v) is 3.62. The van der Waals surface area contributed by atoms with Crippen LogP contribution in [0.1, 0.15) is 22.1 Å². The molecule has 4 heteroatoms. The summed E-state index contributed by atoms with van der Waals surface area (Å²) in [6, 6.07) is 9.11. The second-order valence-corrected chi connectivity index (χ2v) is 5.16. The second-order valence-electron chi connectivity index (χ2n) is 4.63. The van der Waals surface area contributed by atoms with Crippen LogP contribution in [0.25, 0.3) is 0 Å². The van der Waals surface area contributed by atoms with Crippen molar-refractivity contribution in [2.45, 2.75) is 18.7 Å². The summed E-state index contributed by atoms with van der Waals surface area (Å²) >= 11 is 6.35. The molecule has 0 bridgehead atoms. The highest BCUT2D eigenvalue weighted by molar-refractivity contribution is 6.21. The molecule has 20 heavy (non-hydrogen) atoms. The fourth-order valence-corrected chi connectivity index (χ4v) is 2.53. The number of halogens is 3. The lowest BCUT2D eigenvalue weighted by Crippen LogP contribution is -2.01. The van der Waals surface area contributed by atoms with E-state index >= 15 is 0 Å². The third-order valence-electron chi connectivity index (χ3n) is 3.23. The van der Waals surface area contributed by atoms with Crippen molar-refractivity contribution < 1.29 is 13.5 Å². The summed E-state index contributed by atoms with van der Waals surface area (Å²) in [5.74, 6) is -0.400. The molecular weight excluding hydrogens is 282 g/mol. The molecule has 1 atom stereocenters. The fourth-order valence-electron chi connectivity index (χ4n) is 2.12. The predicted molar refractivity (Wildman–Crippen MR) is 76.4 cm³/mol. The molecular formula is C16H15ClF2O. The zero-order chi connectivity index (χ0) is 14.7. The number of hydrogen-bond donors (Lipinski definition) is 0. The predicted octanol–water partition coefficient (Wildman–Crippen LogP) is 4.80. The Labute approximate surface area is 122 Å². The van der Waals surface area contributed by atoms with Crippen LogP contribution in [0.3, 0.4) is 0 Å². The van der Waals surface area contributed by atoms with Crippen LogP contribution < -0.4 is 4.74 Å². The molecule has 106 valence electrons. The van der Waals surface area contributed by atoms with Crippen LogP contribution in [0, 0.1) is 18.6 Å². The van der Waals surface area contributed by atoms with Gasteiger partial charge in [0.2, 0.25) is 0 Å². The standard InChI is InChI=1S/C16H15ClF2O/c1-10-7-13(20-2)5-6-14(10)15(17)8-11-3-4-12(18)9-16(11)19/h3-7,9,15H,8H2,1-2H3. The van der Waals surface area contributed by atoms with Crippen molar-refractivity contribution in [1.82, 2.24) is 0 Å². The van der Waals surface area contributed by atoms with Crippen LogP contribution in [-0.4, -0.2) is 7.11 Å². The largest absolute Gasteiger partial charge is 0.497 e. The Morgan fingerprint density at radius 1 is 1.15 bits per heavy atom. The van der Waals surface area contributed by atoms with Crippen LogP contribution >= 0.6 is 11.6 Å². The molecule has 0 aliphatic rings. The van der Waals surface area contributed by atoms with Crippen LogP contribution in [0.2, 0.25) is 0 Å². The van der Waals surface area contributed by atoms with E-state index in [9.17, 15) is 8.78 Å². The highest BCUT2D eigenvalue weighted by Gasteiger charge is 2.15. The number of alkyl halides is 1. The summed E-state index contributed by atoms with van der Waals surface area (Å²) in [7, 11) is 1.60. The molecule has 0 aliphatic heterocycles. The first-order chi connectivity index (χ1) is 9.51. The minimum absolute atomic E-state index is 0.306. The molecule has 2 aromatic rings. The zero-order valence-electron chi connectivity index (χ0n) is 11.3. The van der Waals surface area contributed by atoms with Crippen molar-refractivity contribution in [2.75, 3.05) is 7.11 Å². The van der Waals surface area contributed by atoms with Crippen molar-refractivity contribution in [3.8, 4) is 5.75 Å². The SMILES string of the molecule is COc1ccc(C(Cl)Cc2ccc(F)cc2F)c(C)c1. The smallest absolute Gasteiger partial charge is 0.129 e. The van der Waals surface area contributed by atoms with E-state index in [1.54, 1.807) is 7.11 Å². The van der Waals surface area contributed by atoms with Gasteiger partial charge >= 0.3 is 0 Å². The van der Waals surface area contributed by atoms with Crippen LogP contribution in [0.4, 0.5) is 8.78 Å². The van der Waals surface area contributed by atoms with E-state index in [4.69, 9.17) is 16.3 Å². The first-order valence-corrected chi connectivity index (χ1v) is 6.67. The molecule has 0 saturated carbocycles. The first kappa shape index (κ1) is 14.8. The van der Waals surface area contributed by atoms with Crippen LogP contribution in [0.15, 0.2) is 36.4 Å². The maximum Gasteiger partial charge on any atom is 0.129 e. The summed E-state index contributed by atoms with van der Waals surface area (Å²) in [5.41, 5.74) is 2.30. The Morgan fingerprint density at radius 2 is 1.90 bits per heavy atom. The Hall–Kier alpha value is -1.61. The lowest BCUT2D eigenvalue weighted by Gasteiger charge is -2.14. The zero-order valence-corrected chi connectivity index (χ0v) is 12.0. The monoisotopic (exact) mass is 296 g/mol. The summed E-state index contributed by atoms with van der Waals surface area (Å²) in [4.78, 5) is 0. The van der Waals surface area contributed by atoms with Gasteiger partial charge in [0.05, 0.1) is 12.5 Å². The number of hydrogen-bond acceptors (Lipinski definition) is 1. The van der Waals surface area contributed by atoms with E-state index in [1.165, 1.54) is 12.1 Å². The number of rotatable bonds is 4. The van der Waals surface area contributed by atoms with Gasteiger partial charge in [-0.15, -0.1) is 11.6 Å². The van der Waals surface area contributed by atoms with Crippen LogP contribution in [0.5, 0.6) is 5.75 Å². The van der Waals surface area contributed by atoms with Gasteiger partial charge in [-0.2, -0.15) is 0 Å². The van der Waals surface area contributed by atoms with Gasteiger partial charge in [-0.05, 0) is 48.2 Å². The molecule has 1 unspecified atom stereocenters. The van der Waals surface area contributed by atoms with Crippen molar-refractivity contribution in [3.05, 3.63) is 64.7 Å². The maximum atomic E-state index is 13.6. The van der Waals surface area contributed by atoms with Gasteiger partial charge < -0.3 is 4.74 Å². The number of methoxy groups -OCH3 is 1. The minimum atomic E-state index is -0.585. The van der Waals surface area contributed by atoms with Gasteiger partial charge in [-0.1, -0.05) is 12.1 Å². The van der Waals surface area contributed by atoms with Gasteiger partial charge in [-0.25, -0.2) is 8.78 Å². The van der Waals surface area contributed by atoms with Gasteiger partial charge in [-0.3, -0.25) is 0 Å². The lowest BCUT2D eigenvalue weighted by molar-refractivity contribution is 0.414. The van der Waals surface area contributed by atoms with E-state index in [0.29, 0.717) is 12.0 Å². The highest BCUT2D eigenvalue weighted by atomic mass is 35.5. The Morgan fingerprint density at radius 3 is 2.50 bits per heavy atom. The second kappa shape index (κ2) is 6.23. The molecule has 1 nitrogen and oxygen atoms in total. The van der Waals surface area contributed by atoms with Crippen LogP contribution in [-0.2, 0) is 6.42 Å². The minimum Gasteiger partial charge on any atom is -0.497 e. The van der Waals surface area contributed by atoms with Gasteiger partial charge in [0, 0.05) is 6.07 Å². The van der Waals surface area contributed by atoms with E-state index in [1.807, 2.05) is 25.1 Å². The molecule has 0 aliphatic carbocycles. The number of ether oxygens (including phenoxy) is 1. The molecule has 0 radical (unpaired) electrons. The molecule has 2 aromatic carbocycles. The Kier molecular flexibility index (Phi) is 4.61. The quantitative estimate of drug-likeness (QED) is 0.736. The normalized spacial score (nSPS) is 12.2.